The van der Waals surface area contributed by atoms with Crippen LogP contribution in [-0.2, 0) is 5.41 Å². The fraction of sp³-hybridized carbons (Fsp3) is 0.0411. The van der Waals surface area contributed by atoms with Gasteiger partial charge in [-0.2, -0.15) is 0 Å². The molecule has 1 heteroatoms. The van der Waals surface area contributed by atoms with Crippen LogP contribution in [0.15, 0.2) is 279 Å². The Balaban J connectivity index is 0.849. The van der Waals surface area contributed by atoms with Gasteiger partial charge in [-0.3, -0.25) is 0 Å². The number of hydrogen-bond donors (Lipinski definition) is 0. The zero-order valence-electron chi connectivity index (χ0n) is 41.6. The minimum atomic E-state index is -2.64. The van der Waals surface area contributed by atoms with Gasteiger partial charge < -0.3 is 0 Å². The third kappa shape index (κ3) is 6.88. The Labute approximate surface area is 434 Å². The number of hydrogen-bond acceptors (Lipinski definition) is 0. The highest BCUT2D eigenvalue weighted by molar-refractivity contribution is 7.20. The summed E-state index contributed by atoms with van der Waals surface area (Å²) in [6, 6.07) is 105. The predicted molar refractivity (Wildman–Crippen MR) is 319 cm³/mol. The molecule has 0 saturated heterocycles. The molecular formula is C73H52Si. The largest absolute Gasteiger partial charge is 0.179 e. The van der Waals surface area contributed by atoms with Crippen molar-refractivity contribution in [2.75, 3.05) is 0 Å². The molecule has 0 fully saturated rings. The average Bonchev–Trinajstić information content (AvgIpc) is 3.75. The monoisotopic (exact) mass is 956 g/mol. The minimum absolute atomic E-state index is 0.215. The normalized spacial score (nSPS) is 12.8. The maximum atomic E-state index is 2.50. The van der Waals surface area contributed by atoms with E-state index in [-0.39, 0.29) is 5.41 Å². The van der Waals surface area contributed by atoms with Crippen LogP contribution in [0.25, 0.3) is 98.7 Å². The van der Waals surface area contributed by atoms with Crippen molar-refractivity contribution in [3.05, 3.63) is 290 Å². The first-order valence-electron chi connectivity index (χ1n) is 26.0. The lowest BCUT2D eigenvalue weighted by Gasteiger charge is -2.34. The predicted octanol–water partition coefficient (Wildman–Crippen LogP) is 16.7. The maximum absolute atomic E-state index is 2.64. The molecule has 0 unspecified atom stereocenters. The van der Waals surface area contributed by atoms with Gasteiger partial charge in [0.15, 0.2) is 8.07 Å². The molecule has 0 amide bonds. The van der Waals surface area contributed by atoms with Gasteiger partial charge in [0, 0.05) is 5.41 Å². The molecule has 1 aliphatic carbocycles. The van der Waals surface area contributed by atoms with Crippen molar-refractivity contribution in [3.63, 3.8) is 0 Å². The first-order valence-corrected chi connectivity index (χ1v) is 28.0. The van der Waals surface area contributed by atoms with Gasteiger partial charge in [0.2, 0.25) is 0 Å². The highest BCUT2D eigenvalue weighted by atomic mass is 28.3. The molecule has 74 heavy (non-hydrogen) atoms. The van der Waals surface area contributed by atoms with Crippen molar-refractivity contribution in [1.29, 1.82) is 0 Å². The Morgan fingerprint density at radius 3 is 1.24 bits per heavy atom. The second-order valence-corrected chi connectivity index (χ2v) is 24.5. The summed E-state index contributed by atoms with van der Waals surface area (Å²) in [6.45, 7) is 4.83. The Morgan fingerprint density at radius 2 is 0.635 bits per heavy atom. The standard InChI is InChI=1S/C73H52Si/c1-73(2)69-47-54(51-35-36-53-46-60(41-38-52(53)44-51)74(57-22-6-3-7-23-57,58-24-8-4-9-25-58)59-26-10-5-11-27-59)39-42-62(69)63-43-40-56(48-70(63)73)71-65-30-16-18-32-67(65)72(68-33-19-17-31-66(68)71)64-29-15-14-28-61(64)55-37-34-49-20-12-13-21-50(49)45-55/h3-48H,1-2H3. The van der Waals surface area contributed by atoms with Gasteiger partial charge in [0.25, 0.3) is 0 Å². The molecule has 0 saturated carbocycles. The van der Waals surface area contributed by atoms with Gasteiger partial charge in [0.05, 0.1) is 0 Å². The summed E-state index contributed by atoms with van der Waals surface area (Å²) < 4.78 is 0. The van der Waals surface area contributed by atoms with Crippen LogP contribution in [0.2, 0.25) is 0 Å². The van der Waals surface area contributed by atoms with Crippen molar-refractivity contribution < 1.29 is 0 Å². The number of rotatable bonds is 8. The molecule has 14 rings (SSSR count). The van der Waals surface area contributed by atoms with E-state index in [9.17, 15) is 0 Å². The van der Waals surface area contributed by atoms with Crippen molar-refractivity contribution in [1.82, 2.24) is 0 Å². The van der Waals surface area contributed by atoms with Crippen LogP contribution in [0.5, 0.6) is 0 Å². The maximum Gasteiger partial charge on any atom is 0.179 e. The van der Waals surface area contributed by atoms with Crippen molar-refractivity contribution >= 4 is 71.9 Å². The van der Waals surface area contributed by atoms with Gasteiger partial charge in [-0.1, -0.05) is 269 Å². The summed E-state index contributed by atoms with van der Waals surface area (Å²) in [4.78, 5) is 0. The van der Waals surface area contributed by atoms with E-state index in [1.54, 1.807) is 0 Å². The van der Waals surface area contributed by atoms with E-state index in [0.717, 1.165) is 0 Å². The second kappa shape index (κ2) is 17.4. The lowest BCUT2D eigenvalue weighted by Crippen LogP contribution is -2.74. The van der Waals surface area contributed by atoms with E-state index in [1.807, 2.05) is 0 Å². The van der Waals surface area contributed by atoms with Crippen molar-refractivity contribution in [2.45, 2.75) is 19.3 Å². The lowest BCUT2D eigenvalue weighted by atomic mass is 9.79. The van der Waals surface area contributed by atoms with Crippen LogP contribution in [-0.4, -0.2) is 8.07 Å². The topological polar surface area (TPSA) is 0 Å². The van der Waals surface area contributed by atoms with Crippen LogP contribution in [0.1, 0.15) is 25.0 Å². The third-order valence-corrected chi connectivity index (χ3v) is 21.2. The molecule has 0 spiro atoms. The van der Waals surface area contributed by atoms with Gasteiger partial charge in [-0.25, -0.2) is 0 Å². The molecule has 0 radical (unpaired) electrons. The minimum Gasteiger partial charge on any atom is -0.0623 e. The van der Waals surface area contributed by atoms with Crippen LogP contribution >= 0.6 is 0 Å². The van der Waals surface area contributed by atoms with E-state index < -0.39 is 8.07 Å². The van der Waals surface area contributed by atoms with E-state index in [0.29, 0.717) is 0 Å². The highest BCUT2D eigenvalue weighted by Crippen LogP contribution is 2.53. The Hall–Kier alpha value is -8.88. The number of fused-ring (bicyclic) bond motifs is 7. The molecule has 13 aromatic rings. The molecule has 348 valence electrons. The summed E-state index contributed by atoms with van der Waals surface area (Å²) in [5.41, 5.74) is 15.2. The van der Waals surface area contributed by atoms with Crippen LogP contribution in [0, 0.1) is 0 Å². The first-order chi connectivity index (χ1) is 36.4. The zero-order chi connectivity index (χ0) is 49.4. The second-order valence-electron chi connectivity index (χ2n) is 20.7. The number of benzene rings is 13. The Kier molecular flexibility index (Phi) is 10.3. The average molecular weight is 957 g/mol. The van der Waals surface area contributed by atoms with E-state index in [1.165, 1.54) is 131 Å². The van der Waals surface area contributed by atoms with Gasteiger partial charge in [0.1, 0.15) is 0 Å². The summed E-state index contributed by atoms with van der Waals surface area (Å²) >= 11 is 0. The molecule has 0 heterocycles. The SMILES string of the molecule is CC1(C)c2cc(-c3ccc4cc([Si](c5ccccc5)(c5ccccc5)c5ccccc5)ccc4c3)ccc2-c2ccc(-c3c4ccccc4c(-c4ccccc4-c4ccc5ccccc5c4)c4ccccc34)cc21. The van der Waals surface area contributed by atoms with Gasteiger partial charge in [-0.05, 0) is 155 Å². The van der Waals surface area contributed by atoms with Crippen molar-refractivity contribution in [3.8, 4) is 55.6 Å². The van der Waals surface area contributed by atoms with Crippen molar-refractivity contribution in [2.24, 2.45) is 0 Å². The molecule has 0 N–H and O–H groups in total. The van der Waals surface area contributed by atoms with Crippen LogP contribution in [0.4, 0.5) is 0 Å². The van der Waals surface area contributed by atoms with Gasteiger partial charge >= 0.3 is 0 Å². The molecular weight excluding hydrogens is 905 g/mol. The molecule has 13 aromatic carbocycles. The summed E-state index contributed by atoms with van der Waals surface area (Å²) in [5.74, 6) is 0. The molecule has 0 aromatic heterocycles. The molecule has 0 bridgehead atoms. The quantitative estimate of drug-likeness (QED) is 0.0809. The molecule has 0 aliphatic heterocycles. The smallest absolute Gasteiger partial charge is 0.0623 e. The zero-order valence-corrected chi connectivity index (χ0v) is 42.6. The van der Waals surface area contributed by atoms with Crippen LogP contribution < -0.4 is 20.7 Å². The van der Waals surface area contributed by atoms with E-state index >= 15 is 0 Å². The molecule has 1 aliphatic rings. The van der Waals surface area contributed by atoms with E-state index in [2.05, 4.69) is 293 Å². The van der Waals surface area contributed by atoms with Crippen LogP contribution in [0.3, 0.4) is 0 Å². The third-order valence-electron chi connectivity index (χ3n) is 16.4. The fourth-order valence-electron chi connectivity index (χ4n) is 12.8. The Bertz CT molecular complexity index is 4170. The highest BCUT2D eigenvalue weighted by Gasteiger charge is 2.41. The first kappa shape index (κ1) is 43.9. The fourth-order valence-corrected chi connectivity index (χ4v) is 17.6. The summed E-state index contributed by atoms with van der Waals surface area (Å²) in [7, 11) is -2.64. The lowest BCUT2D eigenvalue weighted by molar-refractivity contribution is 0.661. The van der Waals surface area contributed by atoms with Gasteiger partial charge in [-0.15, -0.1) is 0 Å². The van der Waals surface area contributed by atoms with E-state index in [4.69, 9.17) is 0 Å². The summed E-state index contributed by atoms with van der Waals surface area (Å²) in [5, 5.41) is 15.6. The summed E-state index contributed by atoms with van der Waals surface area (Å²) in [6.07, 6.45) is 0. The molecule has 0 atom stereocenters. The molecule has 0 nitrogen and oxygen atoms in total. The Morgan fingerprint density at radius 1 is 0.243 bits per heavy atom.